The van der Waals surface area contributed by atoms with E-state index in [-0.39, 0.29) is 30.9 Å². The fraction of sp³-hybridized carbons (Fsp3) is 0.381. The van der Waals surface area contributed by atoms with Gasteiger partial charge in [0, 0.05) is 40.0 Å². The van der Waals surface area contributed by atoms with Crippen LogP contribution >= 0.6 is 0 Å². The van der Waals surface area contributed by atoms with Crippen molar-refractivity contribution in [2.75, 3.05) is 13.1 Å². The smallest absolute Gasteiger partial charge is 0.332 e. The van der Waals surface area contributed by atoms with Crippen LogP contribution in [0.15, 0.2) is 40.2 Å². The SMILES string of the molecule is Cn1c(=O)c2ncn([C@H]3CN(C(=O)CCc4nc5ccccc5[nH]4)C[C@@H]3O)c2n(C)c1=O. The molecule has 5 rings (SSSR count). The van der Waals surface area contributed by atoms with E-state index in [0.717, 1.165) is 21.4 Å². The van der Waals surface area contributed by atoms with Crippen LogP contribution in [0.25, 0.3) is 22.2 Å². The molecular formula is C21H23N7O4. The van der Waals surface area contributed by atoms with E-state index in [1.165, 1.54) is 17.9 Å². The number of fused-ring (bicyclic) bond motifs is 2. The molecule has 0 spiro atoms. The third kappa shape index (κ3) is 3.12. The van der Waals surface area contributed by atoms with Gasteiger partial charge in [0.15, 0.2) is 5.52 Å². The largest absolute Gasteiger partial charge is 0.389 e. The number of carbonyl (C=O) groups excluding carboxylic acids is 1. The Morgan fingerprint density at radius 2 is 1.97 bits per heavy atom. The van der Waals surface area contributed by atoms with Crippen molar-refractivity contribution >= 4 is 28.1 Å². The average molecular weight is 437 g/mol. The van der Waals surface area contributed by atoms with Crippen molar-refractivity contribution in [2.45, 2.75) is 25.0 Å². The summed E-state index contributed by atoms with van der Waals surface area (Å²) >= 11 is 0. The molecule has 0 radical (unpaired) electrons. The summed E-state index contributed by atoms with van der Waals surface area (Å²) in [5, 5.41) is 10.7. The lowest BCUT2D eigenvalue weighted by Gasteiger charge is -2.18. The standard InChI is InChI=1S/C21H23N7O4/c1-25-19-18(20(31)26(2)21(25)32)22-11-28(19)14-9-27(10-15(14)29)17(30)8-7-16-23-12-5-3-4-6-13(12)24-16/h3-6,11,14-15,29H,7-10H2,1-2H3,(H,23,24)/t14-,15-/m0/s1. The van der Waals surface area contributed by atoms with Crippen LogP contribution in [0.4, 0.5) is 0 Å². The van der Waals surface area contributed by atoms with E-state index in [1.807, 2.05) is 24.3 Å². The lowest BCUT2D eigenvalue weighted by Crippen LogP contribution is -2.38. The van der Waals surface area contributed by atoms with E-state index < -0.39 is 23.4 Å². The second-order valence-corrected chi connectivity index (χ2v) is 8.16. The van der Waals surface area contributed by atoms with Gasteiger partial charge in [-0.1, -0.05) is 12.1 Å². The second-order valence-electron chi connectivity index (χ2n) is 8.16. The first-order valence-electron chi connectivity index (χ1n) is 10.4. The van der Waals surface area contributed by atoms with E-state index in [2.05, 4.69) is 15.0 Å². The van der Waals surface area contributed by atoms with Crippen molar-refractivity contribution in [2.24, 2.45) is 14.1 Å². The highest BCUT2D eigenvalue weighted by Gasteiger charge is 2.36. The molecule has 1 aromatic carbocycles. The number of rotatable bonds is 4. The van der Waals surface area contributed by atoms with E-state index in [9.17, 15) is 19.5 Å². The van der Waals surface area contributed by atoms with Crippen molar-refractivity contribution in [3.8, 4) is 0 Å². The number of hydrogen-bond donors (Lipinski definition) is 2. The van der Waals surface area contributed by atoms with Crippen LogP contribution in [-0.4, -0.2) is 63.8 Å². The normalized spacial score (nSPS) is 18.8. The molecule has 0 saturated carbocycles. The van der Waals surface area contributed by atoms with Crippen LogP contribution in [0.2, 0.25) is 0 Å². The fourth-order valence-electron chi connectivity index (χ4n) is 4.40. The van der Waals surface area contributed by atoms with Crippen LogP contribution in [0, 0.1) is 0 Å². The number of likely N-dealkylation sites (tertiary alicyclic amines) is 1. The monoisotopic (exact) mass is 437 g/mol. The highest BCUT2D eigenvalue weighted by Crippen LogP contribution is 2.26. The van der Waals surface area contributed by atoms with Crippen molar-refractivity contribution < 1.29 is 9.90 Å². The van der Waals surface area contributed by atoms with Gasteiger partial charge in [-0.15, -0.1) is 0 Å². The minimum atomic E-state index is -0.846. The zero-order chi connectivity index (χ0) is 22.6. The van der Waals surface area contributed by atoms with Crippen molar-refractivity contribution in [3.05, 3.63) is 57.3 Å². The number of nitrogens with one attached hydrogen (secondary N) is 1. The van der Waals surface area contributed by atoms with Crippen LogP contribution in [0.3, 0.4) is 0 Å². The summed E-state index contributed by atoms with van der Waals surface area (Å²) < 4.78 is 3.95. The molecule has 1 aliphatic heterocycles. The van der Waals surface area contributed by atoms with Crippen LogP contribution < -0.4 is 11.2 Å². The summed E-state index contributed by atoms with van der Waals surface area (Å²) in [7, 11) is 2.95. The zero-order valence-corrected chi connectivity index (χ0v) is 17.7. The van der Waals surface area contributed by atoms with Gasteiger partial charge in [-0.2, -0.15) is 0 Å². The molecule has 0 unspecified atom stereocenters. The maximum Gasteiger partial charge on any atom is 0.332 e. The lowest BCUT2D eigenvalue weighted by atomic mass is 10.2. The Morgan fingerprint density at radius 1 is 1.19 bits per heavy atom. The number of aryl methyl sites for hydroxylation is 2. The number of amides is 1. The molecule has 1 saturated heterocycles. The highest BCUT2D eigenvalue weighted by molar-refractivity contribution is 5.78. The molecule has 32 heavy (non-hydrogen) atoms. The summed E-state index contributed by atoms with van der Waals surface area (Å²) in [5.74, 6) is 0.642. The quantitative estimate of drug-likeness (QED) is 0.450. The molecule has 11 nitrogen and oxygen atoms in total. The van der Waals surface area contributed by atoms with E-state index in [4.69, 9.17) is 0 Å². The second kappa shape index (κ2) is 7.45. The number of nitrogens with zero attached hydrogens (tertiary/aromatic N) is 6. The number of carbonyl (C=O) groups is 1. The van der Waals surface area contributed by atoms with Gasteiger partial charge in [-0.05, 0) is 12.1 Å². The Balaban J connectivity index is 1.35. The number of para-hydroxylation sites is 2. The molecule has 0 aliphatic carbocycles. The van der Waals surface area contributed by atoms with Crippen molar-refractivity contribution in [1.82, 2.24) is 33.6 Å². The topological polar surface area (TPSA) is 131 Å². The predicted octanol–water partition coefficient (Wildman–Crippen LogP) is -0.313. The van der Waals surface area contributed by atoms with E-state index >= 15 is 0 Å². The molecule has 2 N–H and O–H groups in total. The van der Waals surface area contributed by atoms with E-state index in [0.29, 0.717) is 12.1 Å². The Kier molecular flexibility index (Phi) is 4.70. The number of aliphatic hydroxyl groups is 1. The number of aromatic amines is 1. The number of aromatic nitrogens is 6. The molecule has 4 heterocycles. The minimum Gasteiger partial charge on any atom is -0.389 e. The highest BCUT2D eigenvalue weighted by atomic mass is 16.3. The fourth-order valence-corrected chi connectivity index (χ4v) is 4.40. The summed E-state index contributed by atoms with van der Waals surface area (Å²) in [6, 6.07) is 7.18. The number of imidazole rings is 2. The third-order valence-electron chi connectivity index (χ3n) is 6.15. The molecule has 1 amide bonds. The Bertz CT molecular complexity index is 1430. The lowest BCUT2D eigenvalue weighted by molar-refractivity contribution is -0.130. The van der Waals surface area contributed by atoms with Crippen molar-refractivity contribution in [1.29, 1.82) is 0 Å². The Morgan fingerprint density at radius 3 is 2.75 bits per heavy atom. The third-order valence-corrected chi connectivity index (χ3v) is 6.15. The summed E-state index contributed by atoms with van der Waals surface area (Å²) in [4.78, 5) is 51.1. The summed E-state index contributed by atoms with van der Waals surface area (Å²) in [5.41, 5.74) is 1.30. The molecule has 1 aliphatic rings. The molecule has 2 atom stereocenters. The first kappa shape index (κ1) is 20.2. The molecule has 4 aromatic rings. The van der Waals surface area contributed by atoms with E-state index in [1.54, 1.807) is 16.5 Å². The average Bonchev–Trinajstić information content (AvgIpc) is 3.50. The maximum atomic E-state index is 12.8. The number of H-pyrrole nitrogens is 1. The Hall–Kier alpha value is -3.73. The van der Waals surface area contributed by atoms with Crippen molar-refractivity contribution in [3.63, 3.8) is 0 Å². The van der Waals surface area contributed by atoms with Gasteiger partial charge in [0.05, 0.1) is 29.5 Å². The van der Waals surface area contributed by atoms with Crippen LogP contribution in [-0.2, 0) is 25.3 Å². The molecular weight excluding hydrogens is 414 g/mol. The maximum absolute atomic E-state index is 12.8. The number of hydrogen-bond acceptors (Lipinski definition) is 6. The van der Waals surface area contributed by atoms with Gasteiger partial charge >= 0.3 is 5.69 Å². The first-order valence-corrected chi connectivity index (χ1v) is 10.4. The van der Waals surface area contributed by atoms with Crippen LogP contribution in [0.5, 0.6) is 0 Å². The summed E-state index contributed by atoms with van der Waals surface area (Å²) in [6.45, 7) is 0.428. The predicted molar refractivity (Wildman–Crippen MR) is 116 cm³/mol. The molecule has 0 bridgehead atoms. The molecule has 11 heteroatoms. The minimum absolute atomic E-state index is 0.0961. The van der Waals surface area contributed by atoms with Crippen LogP contribution in [0.1, 0.15) is 18.3 Å². The molecule has 1 fully saturated rings. The molecule has 166 valence electrons. The Labute approximate surface area is 181 Å². The number of β-amino-alcohol motifs (C(OH)–C–C–N with tert-alkyl or cyclic N) is 1. The van der Waals surface area contributed by atoms with Gasteiger partial charge in [-0.3, -0.25) is 18.7 Å². The van der Waals surface area contributed by atoms with Gasteiger partial charge in [-0.25, -0.2) is 14.8 Å². The zero-order valence-electron chi connectivity index (χ0n) is 17.7. The van der Waals surface area contributed by atoms with Gasteiger partial charge in [0.2, 0.25) is 5.91 Å². The number of benzene rings is 1. The summed E-state index contributed by atoms with van der Waals surface area (Å²) in [6.07, 6.45) is 1.32. The first-order chi connectivity index (χ1) is 15.3. The number of aliphatic hydroxyl groups excluding tert-OH is 1. The van der Waals surface area contributed by atoms with Gasteiger partial charge in [0.25, 0.3) is 5.56 Å². The van der Waals surface area contributed by atoms with Gasteiger partial charge in [0.1, 0.15) is 11.5 Å². The molecule has 3 aromatic heterocycles. The van der Waals surface area contributed by atoms with Gasteiger partial charge < -0.3 is 19.6 Å².